The van der Waals surface area contributed by atoms with Crippen molar-refractivity contribution < 1.29 is 13.5 Å². The molecular weight excluding hydrogens is 250 g/mol. The number of aliphatic hydroxyl groups is 1. The predicted octanol–water partition coefficient (Wildman–Crippen LogP) is 1.26. The zero-order valence-electron chi connectivity index (χ0n) is 10.8. The van der Waals surface area contributed by atoms with Crippen molar-refractivity contribution in [2.45, 2.75) is 50.5 Å². The molecule has 5 heteroatoms. The molecule has 0 saturated heterocycles. The molecule has 0 aromatic carbocycles. The third-order valence-corrected chi connectivity index (χ3v) is 6.55. The van der Waals surface area contributed by atoms with Crippen LogP contribution in [-0.2, 0) is 10.0 Å². The fourth-order valence-electron chi connectivity index (χ4n) is 4.87. The van der Waals surface area contributed by atoms with Crippen LogP contribution < -0.4 is 4.72 Å². The van der Waals surface area contributed by atoms with Gasteiger partial charge >= 0.3 is 0 Å². The van der Waals surface area contributed by atoms with E-state index in [4.69, 9.17) is 5.11 Å². The molecule has 4 nitrogen and oxygen atoms in total. The van der Waals surface area contributed by atoms with Crippen LogP contribution in [0.5, 0.6) is 0 Å². The van der Waals surface area contributed by atoms with Crippen molar-refractivity contribution in [3.63, 3.8) is 0 Å². The van der Waals surface area contributed by atoms with Crippen LogP contribution in [0.4, 0.5) is 0 Å². The van der Waals surface area contributed by atoms with Crippen LogP contribution in [0.1, 0.15) is 44.9 Å². The van der Waals surface area contributed by atoms with Gasteiger partial charge in [-0.15, -0.1) is 0 Å². The summed E-state index contributed by atoms with van der Waals surface area (Å²) in [6.45, 7) is -0.0538. The van der Waals surface area contributed by atoms with Crippen molar-refractivity contribution in [2.24, 2.45) is 17.8 Å². The number of aliphatic hydroxyl groups excluding tert-OH is 1. The van der Waals surface area contributed by atoms with Gasteiger partial charge in [-0.05, 0) is 62.7 Å². The lowest BCUT2D eigenvalue weighted by Crippen LogP contribution is -2.60. The second-order valence-corrected chi connectivity index (χ2v) is 8.54. The van der Waals surface area contributed by atoms with E-state index < -0.39 is 10.0 Å². The largest absolute Gasteiger partial charge is 0.396 e. The maximum absolute atomic E-state index is 12.1. The molecule has 0 spiro atoms. The Kier molecular flexibility index (Phi) is 3.19. The van der Waals surface area contributed by atoms with Gasteiger partial charge in [0.1, 0.15) is 0 Å². The van der Waals surface area contributed by atoms with Gasteiger partial charge in [-0.3, -0.25) is 0 Å². The second kappa shape index (κ2) is 4.46. The Hall–Kier alpha value is -0.130. The summed E-state index contributed by atoms with van der Waals surface area (Å²) in [5, 5.41) is 8.77. The van der Waals surface area contributed by atoms with Crippen LogP contribution in [0.25, 0.3) is 0 Å². The van der Waals surface area contributed by atoms with Gasteiger partial charge in [0.15, 0.2) is 0 Å². The molecule has 0 heterocycles. The fourth-order valence-corrected chi connectivity index (χ4v) is 6.39. The van der Waals surface area contributed by atoms with Gasteiger partial charge in [0.05, 0.1) is 5.75 Å². The van der Waals surface area contributed by atoms with E-state index in [0.717, 1.165) is 37.0 Å². The maximum Gasteiger partial charge on any atom is 0.212 e. The van der Waals surface area contributed by atoms with Gasteiger partial charge in [-0.25, -0.2) is 13.1 Å². The highest BCUT2D eigenvalue weighted by Gasteiger charge is 2.52. The summed E-state index contributed by atoms with van der Waals surface area (Å²) >= 11 is 0. The van der Waals surface area contributed by atoms with Gasteiger partial charge in [0.25, 0.3) is 0 Å². The molecule has 4 aliphatic carbocycles. The van der Waals surface area contributed by atoms with E-state index in [1.807, 2.05) is 0 Å². The van der Waals surface area contributed by atoms with Crippen molar-refractivity contribution >= 4 is 10.0 Å². The highest BCUT2D eigenvalue weighted by molar-refractivity contribution is 7.89. The van der Waals surface area contributed by atoms with Crippen molar-refractivity contribution in [3.8, 4) is 0 Å². The molecule has 4 rings (SSSR count). The minimum Gasteiger partial charge on any atom is -0.396 e. The molecule has 18 heavy (non-hydrogen) atoms. The maximum atomic E-state index is 12.1. The molecule has 0 atom stereocenters. The Balaban J connectivity index is 1.72. The Morgan fingerprint density at radius 1 is 1.06 bits per heavy atom. The van der Waals surface area contributed by atoms with E-state index in [0.29, 0.717) is 6.42 Å². The average Bonchev–Trinajstić information content (AvgIpc) is 2.22. The zero-order valence-corrected chi connectivity index (χ0v) is 11.6. The van der Waals surface area contributed by atoms with Gasteiger partial charge in [0.2, 0.25) is 10.0 Å². The first-order valence-electron chi connectivity index (χ1n) is 7.13. The Labute approximate surface area is 109 Å². The zero-order chi connectivity index (χ0) is 12.8. The van der Waals surface area contributed by atoms with Gasteiger partial charge in [-0.2, -0.15) is 0 Å². The number of hydrogen-bond acceptors (Lipinski definition) is 3. The molecule has 0 unspecified atom stereocenters. The average molecular weight is 273 g/mol. The van der Waals surface area contributed by atoms with Crippen LogP contribution in [0.2, 0.25) is 0 Å². The minimum atomic E-state index is -3.22. The van der Waals surface area contributed by atoms with Crippen molar-refractivity contribution in [1.82, 2.24) is 4.72 Å². The molecule has 0 amide bonds. The number of hydrogen-bond donors (Lipinski definition) is 2. The topological polar surface area (TPSA) is 66.4 Å². The number of nitrogens with one attached hydrogen (secondary N) is 1. The van der Waals surface area contributed by atoms with E-state index in [9.17, 15) is 8.42 Å². The van der Waals surface area contributed by atoms with Crippen LogP contribution in [0.3, 0.4) is 0 Å². The lowest BCUT2D eigenvalue weighted by Gasteiger charge is -2.56. The van der Waals surface area contributed by atoms with Crippen LogP contribution in [0.15, 0.2) is 0 Å². The summed E-state index contributed by atoms with van der Waals surface area (Å²) < 4.78 is 27.1. The highest BCUT2D eigenvalue weighted by Crippen LogP contribution is 2.55. The molecule has 2 N–H and O–H groups in total. The molecular formula is C13H23NO3S. The molecule has 0 aromatic rings. The summed E-state index contributed by atoms with van der Waals surface area (Å²) in [5.74, 6) is 2.30. The van der Waals surface area contributed by atoms with Crippen LogP contribution >= 0.6 is 0 Å². The van der Waals surface area contributed by atoms with E-state index in [-0.39, 0.29) is 17.9 Å². The lowest BCUT2D eigenvalue weighted by atomic mass is 9.53. The summed E-state index contributed by atoms with van der Waals surface area (Å²) in [7, 11) is -3.22. The molecule has 4 aliphatic rings. The monoisotopic (exact) mass is 273 g/mol. The predicted molar refractivity (Wildman–Crippen MR) is 69.5 cm³/mol. The smallest absolute Gasteiger partial charge is 0.212 e. The summed E-state index contributed by atoms with van der Waals surface area (Å²) in [5.41, 5.74) is -0.136. The van der Waals surface area contributed by atoms with Crippen molar-refractivity contribution in [2.75, 3.05) is 12.4 Å². The van der Waals surface area contributed by atoms with Gasteiger partial charge in [0, 0.05) is 12.1 Å². The Bertz CT molecular complexity index is 383. The fraction of sp³-hybridized carbons (Fsp3) is 1.00. The summed E-state index contributed by atoms with van der Waals surface area (Å²) in [6.07, 6.45) is 7.40. The Morgan fingerprint density at radius 3 is 2.00 bits per heavy atom. The highest BCUT2D eigenvalue weighted by atomic mass is 32.2. The van der Waals surface area contributed by atoms with Crippen molar-refractivity contribution in [1.29, 1.82) is 0 Å². The van der Waals surface area contributed by atoms with Crippen LogP contribution in [0, 0.1) is 17.8 Å². The van der Waals surface area contributed by atoms with E-state index in [2.05, 4.69) is 4.72 Å². The molecule has 4 fully saturated rings. The third kappa shape index (κ3) is 2.45. The lowest BCUT2D eigenvalue weighted by molar-refractivity contribution is -0.00811. The van der Waals surface area contributed by atoms with Gasteiger partial charge < -0.3 is 5.11 Å². The first-order chi connectivity index (χ1) is 8.50. The summed E-state index contributed by atoms with van der Waals surface area (Å²) in [6, 6.07) is 0. The number of sulfonamides is 1. The van der Waals surface area contributed by atoms with E-state index in [1.165, 1.54) is 19.3 Å². The first kappa shape index (κ1) is 12.9. The van der Waals surface area contributed by atoms with Gasteiger partial charge in [-0.1, -0.05) is 0 Å². The standard InChI is InChI=1S/C13H23NO3S/c15-2-1-3-18(16,17)14-13-7-10-4-11(8-13)6-12(5-10)9-13/h10-12,14-15H,1-9H2. The van der Waals surface area contributed by atoms with Crippen molar-refractivity contribution in [3.05, 3.63) is 0 Å². The minimum absolute atomic E-state index is 0.0538. The number of rotatable bonds is 5. The normalized spacial score (nSPS) is 42.4. The van der Waals surface area contributed by atoms with Crippen LogP contribution in [-0.4, -0.2) is 31.4 Å². The quantitative estimate of drug-likeness (QED) is 0.792. The molecule has 0 aromatic heterocycles. The molecule has 4 bridgehead atoms. The summed E-state index contributed by atoms with van der Waals surface area (Å²) in [4.78, 5) is 0. The molecule has 4 saturated carbocycles. The third-order valence-electron chi connectivity index (χ3n) is 4.98. The Morgan fingerprint density at radius 2 is 1.56 bits per heavy atom. The molecule has 0 aliphatic heterocycles. The molecule has 104 valence electrons. The first-order valence-corrected chi connectivity index (χ1v) is 8.78. The SMILES string of the molecule is O=S(=O)(CCCO)NC12CC3CC(CC(C3)C1)C2. The molecule has 0 radical (unpaired) electrons. The van der Waals surface area contributed by atoms with E-state index in [1.54, 1.807) is 0 Å². The van der Waals surface area contributed by atoms with E-state index >= 15 is 0 Å². The second-order valence-electron chi connectivity index (χ2n) is 6.70.